The predicted octanol–water partition coefficient (Wildman–Crippen LogP) is 2.75. The average molecular weight is 262 g/mol. The molecule has 0 saturated carbocycles. The number of nitrogens with one attached hydrogen (secondary N) is 1. The van der Waals surface area contributed by atoms with E-state index in [0.29, 0.717) is 0 Å². The van der Waals surface area contributed by atoms with Crippen molar-refractivity contribution in [2.45, 2.75) is 58.5 Å². The maximum absolute atomic E-state index is 4.57. The average Bonchev–Trinajstić information content (AvgIpc) is 2.65. The standard InChI is InChI=1S/C15H26N4/c1-15(2,3)18-11-13-10-17-14(12-16-13)19-8-6-4-5-7-9-19/h10,12,18H,4-9,11H2,1-3H3. The molecule has 0 unspecified atom stereocenters. The summed E-state index contributed by atoms with van der Waals surface area (Å²) in [6.45, 7) is 9.49. The van der Waals surface area contributed by atoms with Crippen molar-refractivity contribution < 1.29 is 0 Å². The predicted molar refractivity (Wildman–Crippen MR) is 79.3 cm³/mol. The summed E-state index contributed by atoms with van der Waals surface area (Å²) < 4.78 is 0. The van der Waals surface area contributed by atoms with Gasteiger partial charge >= 0.3 is 0 Å². The molecule has 0 spiro atoms. The van der Waals surface area contributed by atoms with Crippen molar-refractivity contribution in [1.29, 1.82) is 0 Å². The number of rotatable bonds is 3. The first-order valence-electron chi connectivity index (χ1n) is 7.35. The maximum Gasteiger partial charge on any atom is 0.147 e. The van der Waals surface area contributed by atoms with Crippen LogP contribution in [0.2, 0.25) is 0 Å². The lowest BCUT2D eigenvalue weighted by atomic mass is 10.1. The molecule has 4 nitrogen and oxygen atoms in total. The van der Waals surface area contributed by atoms with Crippen LogP contribution in [-0.4, -0.2) is 28.6 Å². The Kier molecular flexibility index (Phi) is 4.75. The molecular weight excluding hydrogens is 236 g/mol. The second kappa shape index (κ2) is 6.33. The van der Waals surface area contributed by atoms with Gasteiger partial charge in [0.05, 0.1) is 18.1 Å². The molecule has 1 aromatic rings. The Balaban J connectivity index is 1.93. The first kappa shape index (κ1) is 14.3. The van der Waals surface area contributed by atoms with E-state index in [9.17, 15) is 0 Å². The van der Waals surface area contributed by atoms with Crippen LogP contribution >= 0.6 is 0 Å². The van der Waals surface area contributed by atoms with E-state index in [1.54, 1.807) is 0 Å². The topological polar surface area (TPSA) is 41.1 Å². The van der Waals surface area contributed by atoms with Crippen molar-refractivity contribution in [3.05, 3.63) is 18.1 Å². The van der Waals surface area contributed by atoms with Crippen LogP contribution in [0.25, 0.3) is 0 Å². The number of nitrogens with zero attached hydrogens (tertiary/aromatic N) is 3. The van der Waals surface area contributed by atoms with E-state index >= 15 is 0 Å². The fourth-order valence-corrected chi connectivity index (χ4v) is 2.26. The van der Waals surface area contributed by atoms with Crippen LogP contribution < -0.4 is 10.2 Å². The van der Waals surface area contributed by atoms with E-state index in [-0.39, 0.29) is 5.54 Å². The molecule has 4 heteroatoms. The van der Waals surface area contributed by atoms with Gasteiger partial charge in [0, 0.05) is 25.2 Å². The molecule has 1 N–H and O–H groups in total. The molecule has 0 aliphatic carbocycles. The van der Waals surface area contributed by atoms with Gasteiger partial charge < -0.3 is 10.2 Å². The zero-order chi connectivity index (χ0) is 13.7. The Morgan fingerprint density at radius 2 is 1.74 bits per heavy atom. The molecule has 0 atom stereocenters. The summed E-state index contributed by atoms with van der Waals surface area (Å²) in [4.78, 5) is 11.5. The third kappa shape index (κ3) is 4.78. The van der Waals surface area contributed by atoms with E-state index in [1.165, 1.54) is 25.7 Å². The summed E-state index contributed by atoms with van der Waals surface area (Å²) in [6.07, 6.45) is 9.06. The molecule has 0 aromatic carbocycles. The molecule has 1 aliphatic heterocycles. The van der Waals surface area contributed by atoms with Crippen LogP contribution in [0.5, 0.6) is 0 Å². The van der Waals surface area contributed by atoms with E-state index < -0.39 is 0 Å². The van der Waals surface area contributed by atoms with E-state index in [4.69, 9.17) is 0 Å². The highest BCUT2D eigenvalue weighted by molar-refractivity contribution is 5.35. The van der Waals surface area contributed by atoms with Gasteiger partial charge in [0.1, 0.15) is 5.82 Å². The van der Waals surface area contributed by atoms with Crippen LogP contribution in [0.3, 0.4) is 0 Å². The zero-order valence-corrected chi connectivity index (χ0v) is 12.4. The molecular formula is C15H26N4. The normalized spacial score (nSPS) is 17.3. The summed E-state index contributed by atoms with van der Waals surface area (Å²) >= 11 is 0. The van der Waals surface area contributed by atoms with Gasteiger partial charge in [-0.2, -0.15) is 0 Å². The van der Waals surface area contributed by atoms with Crippen molar-refractivity contribution in [2.24, 2.45) is 0 Å². The van der Waals surface area contributed by atoms with Gasteiger partial charge in [-0.15, -0.1) is 0 Å². The van der Waals surface area contributed by atoms with Crippen molar-refractivity contribution in [3.8, 4) is 0 Å². The quantitative estimate of drug-likeness (QED) is 0.909. The SMILES string of the molecule is CC(C)(C)NCc1cnc(N2CCCCCC2)cn1. The third-order valence-corrected chi connectivity index (χ3v) is 3.42. The van der Waals surface area contributed by atoms with Gasteiger partial charge in [-0.3, -0.25) is 4.98 Å². The highest BCUT2D eigenvalue weighted by Gasteiger charge is 2.12. The van der Waals surface area contributed by atoms with Crippen molar-refractivity contribution in [3.63, 3.8) is 0 Å². The Morgan fingerprint density at radius 1 is 1.05 bits per heavy atom. The van der Waals surface area contributed by atoms with Gasteiger partial charge in [-0.05, 0) is 33.6 Å². The van der Waals surface area contributed by atoms with Crippen LogP contribution in [0.1, 0.15) is 52.1 Å². The monoisotopic (exact) mass is 262 g/mol. The summed E-state index contributed by atoms with van der Waals surface area (Å²) in [5, 5.41) is 3.43. The smallest absolute Gasteiger partial charge is 0.147 e. The molecule has 2 rings (SSSR count). The van der Waals surface area contributed by atoms with Crippen LogP contribution in [-0.2, 0) is 6.54 Å². The molecule has 1 aromatic heterocycles. The number of aromatic nitrogens is 2. The van der Waals surface area contributed by atoms with Gasteiger partial charge in [0.25, 0.3) is 0 Å². The van der Waals surface area contributed by atoms with Crippen molar-refractivity contribution in [1.82, 2.24) is 15.3 Å². The van der Waals surface area contributed by atoms with Crippen LogP contribution in [0.4, 0.5) is 5.82 Å². The van der Waals surface area contributed by atoms with Gasteiger partial charge in [-0.25, -0.2) is 4.98 Å². The first-order valence-corrected chi connectivity index (χ1v) is 7.35. The van der Waals surface area contributed by atoms with Gasteiger partial charge in [0.2, 0.25) is 0 Å². The lowest BCUT2D eigenvalue weighted by Gasteiger charge is -2.22. The fraction of sp³-hybridized carbons (Fsp3) is 0.733. The first-order chi connectivity index (χ1) is 9.04. The molecule has 2 heterocycles. The van der Waals surface area contributed by atoms with Gasteiger partial charge in [-0.1, -0.05) is 12.8 Å². The molecule has 0 amide bonds. The van der Waals surface area contributed by atoms with Gasteiger partial charge in [0.15, 0.2) is 0 Å². The highest BCUT2D eigenvalue weighted by Crippen LogP contribution is 2.16. The lowest BCUT2D eigenvalue weighted by Crippen LogP contribution is -2.35. The fourth-order valence-electron chi connectivity index (χ4n) is 2.26. The summed E-state index contributed by atoms with van der Waals surface area (Å²) in [6, 6.07) is 0. The minimum absolute atomic E-state index is 0.116. The molecule has 1 fully saturated rings. The molecule has 0 bridgehead atoms. The Bertz CT molecular complexity index is 372. The van der Waals surface area contributed by atoms with Crippen LogP contribution in [0, 0.1) is 0 Å². The Morgan fingerprint density at radius 3 is 2.26 bits per heavy atom. The van der Waals surface area contributed by atoms with Crippen LogP contribution in [0.15, 0.2) is 12.4 Å². The summed E-state index contributed by atoms with van der Waals surface area (Å²) in [5.41, 5.74) is 1.12. The summed E-state index contributed by atoms with van der Waals surface area (Å²) in [5.74, 6) is 1.03. The lowest BCUT2D eigenvalue weighted by molar-refractivity contribution is 0.421. The molecule has 1 aliphatic rings. The largest absolute Gasteiger partial charge is 0.355 e. The van der Waals surface area contributed by atoms with E-state index in [0.717, 1.165) is 31.1 Å². The minimum Gasteiger partial charge on any atom is -0.355 e. The number of anilines is 1. The Labute approximate surface area is 116 Å². The maximum atomic E-state index is 4.57. The minimum atomic E-state index is 0.116. The molecule has 0 radical (unpaired) electrons. The molecule has 1 saturated heterocycles. The zero-order valence-electron chi connectivity index (χ0n) is 12.4. The molecule has 106 valence electrons. The van der Waals surface area contributed by atoms with Crippen molar-refractivity contribution in [2.75, 3.05) is 18.0 Å². The number of hydrogen-bond acceptors (Lipinski definition) is 4. The number of hydrogen-bond donors (Lipinski definition) is 1. The molecule has 19 heavy (non-hydrogen) atoms. The second-order valence-corrected chi connectivity index (χ2v) is 6.37. The third-order valence-electron chi connectivity index (χ3n) is 3.42. The highest BCUT2D eigenvalue weighted by atomic mass is 15.2. The Hall–Kier alpha value is -1.16. The van der Waals surface area contributed by atoms with E-state index in [1.807, 2.05) is 12.4 Å². The van der Waals surface area contributed by atoms with E-state index in [2.05, 4.69) is 41.0 Å². The van der Waals surface area contributed by atoms with Crippen molar-refractivity contribution >= 4 is 5.82 Å². The second-order valence-electron chi connectivity index (χ2n) is 6.37. The summed E-state index contributed by atoms with van der Waals surface area (Å²) in [7, 11) is 0.